The molecule has 1 aromatic heterocycles. The highest BCUT2D eigenvalue weighted by molar-refractivity contribution is 7.14. The summed E-state index contributed by atoms with van der Waals surface area (Å²) in [6.07, 6.45) is 2.71. The number of carbonyl (C=O) groups excluding carboxylic acids is 1. The summed E-state index contributed by atoms with van der Waals surface area (Å²) in [4.78, 5) is 28.2. The number of hydrogen-bond donors (Lipinski definition) is 2. The molecule has 3 rings (SSSR count). The van der Waals surface area contributed by atoms with E-state index in [-0.39, 0.29) is 38.2 Å². The second kappa shape index (κ2) is 12.5. The van der Waals surface area contributed by atoms with Gasteiger partial charge in [0, 0.05) is 34.3 Å². The van der Waals surface area contributed by atoms with Crippen LogP contribution in [-0.2, 0) is 16.0 Å². The maximum absolute atomic E-state index is 15.1. The van der Waals surface area contributed by atoms with Crippen molar-refractivity contribution >= 4 is 57.6 Å². The first kappa shape index (κ1) is 27.8. The molecule has 3 aromatic rings. The van der Waals surface area contributed by atoms with Gasteiger partial charge in [0.15, 0.2) is 5.13 Å². The van der Waals surface area contributed by atoms with Crippen LogP contribution < -0.4 is 5.32 Å². The molecule has 36 heavy (non-hydrogen) atoms. The summed E-state index contributed by atoms with van der Waals surface area (Å²) in [6, 6.07) is 7.96. The van der Waals surface area contributed by atoms with Gasteiger partial charge in [0.25, 0.3) is 5.91 Å². The minimum absolute atomic E-state index is 0.0477. The highest BCUT2D eigenvalue weighted by Crippen LogP contribution is 2.31. The molecule has 0 bridgehead atoms. The smallest absolute Gasteiger partial charge is 0.331 e. The minimum atomic E-state index is -1.11. The van der Waals surface area contributed by atoms with Gasteiger partial charge in [0.1, 0.15) is 5.82 Å². The van der Waals surface area contributed by atoms with Crippen molar-refractivity contribution in [3.63, 3.8) is 0 Å². The number of ether oxygens (including phenoxy) is 1. The predicted molar refractivity (Wildman–Crippen MR) is 143 cm³/mol. The van der Waals surface area contributed by atoms with Crippen molar-refractivity contribution < 1.29 is 23.8 Å². The second-order valence-corrected chi connectivity index (χ2v) is 9.95. The molecule has 6 nitrogen and oxygen atoms in total. The van der Waals surface area contributed by atoms with Gasteiger partial charge in [-0.25, -0.2) is 14.2 Å². The lowest BCUT2D eigenvalue weighted by molar-refractivity contribution is -0.132. The SMILES string of the molecule is C/C(=C\c1c(Cl)cc(C(=O)Nc2nc(-c3cccc(CCCOC(C)C)c3F)cs2)cc1Cl)C(=O)O. The van der Waals surface area contributed by atoms with E-state index in [2.05, 4.69) is 10.3 Å². The van der Waals surface area contributed by atoms with E-state index in [1.807, 2.05) is 13.8 Å². The second-order valence-electron chi connectivity index (χ2n) is 8.28. The lowest BCUT2D eigenvalue weighted by Crippen LogP contribution is -2.12. The third-order valence-electron chi connectivity index (χ3n) is 5.16. The monoisotopic (exact) mass is 550 g/mol. The Kier molecular flexibility index (Phi) is 9.62. The third-order valence-corrected chi connectivity index (χ3v) is 6.54. The van der Waals surface area contributed by atoms with Gasteiger partial charge in [-0.2, -0.15) is 0 Å². The van der Waals surface area contributed by atoms with E-state index in [1.54, 1.807) is 23.6 Å². The summed E-state index contributed by atoms with van der Waals surface area (Å²) in [5, 5.41) is 13.9. The molecule has 1 heterocycles. The Morgan fingerprint density at radius 1 is 1.25 bits per heavy atom. The van der Waals surface area contributed by atoms with Crippen LogP contribution in [0, 0.1) is 5.82 Å². The largest absolute Gasteiger partial charge is 0.478 e. The topological polar surface area (TPSA) is 88.5 Å². The van der Waals surface area contributed by atoms with Crippen LogP contribution in [0.25, 0.3) is 17.3 Å². The first-order valence-corrected chi connectivity index (χ1v) is 12.8. The number of hydrogen-bond acceptors (Lipinski definition) is 5. The van der Waals surface area contributed by atoms with Crippen LogP contribution >= 0.6 is 34.5 Å². The Hall–Kier alpha value is -2.78. The highest BCUT2D eigenvalue weighted by Gasteiger charge is 2.17. The van der Waals surface area contributed by atoms with E-state index < -0.39 is 11.9 Å². The first-order valence-electron chi connectivity index (χ1n) is 11.1. The molecule has 1 amide bonds. The first-order chi connectivity index (χ1) is 17.1. The van der Waals surface area contributed by atoms with E-state index >= 15 is 4.39 Å². The Labute approximate surface area is 222 Å². The zero-order chi connectivity index (χ0) is 26.4. The molecule has 0 spiro atoms. The number of carboxylic acid groups (broad SMARTS) is 1. The Morgan fingerprint density at radius 3 is 2.58 bits per heavy atom. The standard InChI is InChI=1S/C26H25Cl2FN2O4S/c1-14(2)35-9-5-7-16-6-4-8-18(23(16)29)22-13-36-26(30-22)31-24(32)17-11-20(27)19(21(28)12-17)10-15(3)25(33)34/h4,6,8,10-14H,5,7,9H2,1-3H3,(H,33,34)(H,30,31,32)/b15-10+. The molecule has 0 radical (unpaired) electrons. The molecule has 0 unspecified atom stereocenters. The summed E-state index contributed by atoms with van der Waals surface area (Å²) in [5.41, 5.74) is 1.86. The third kappa shape index (κ3) is 7.13. The van der Waals surface area contributed by atoms with E-state index in [4.69, 9.17) is 33.0 Å². The number of nitrogens with zero attached hydrogens (tertiary/aromatic N) is 1. The number of benzene rings is 2. The predicted octanol–water partition coefficient (Wildman–Crippen LogP) is 7.35. The summed E-state index contributed by atoms with van der Waals surface area (Å²) in [7, 11) is 0. The number of halogens is 3. The molecule has 0 aliphatic heterocycles. The molecule has 2 N–H and O–H groups in total. The van der Waals surface area contributed by atoms with E-state index in [0.29, 0.717) is 41.8 Å². The average Bonchev–Trinajstić information content (AvgIpc) is 3.27. The summed E-state index contributed by atoms with van der Waals surface area (Å²) >= 11 is 13.6. The van der Waals surface area contributed by atoms with Crippen molar-refractivity contribution in [2.24, 2.45) is 0 Å². The summed E-state index contributed by atoms with van der Waals surface area (Å²) in [5.74, 6) is -1.96. The van der Waals surface area contributed by atoms with Crippen LogP contribution in [0.4, 0.5) is 9.52 Å². The van der Waals surface area contributed by atoms with Gasteiger partial charge in [0.2, 0.25) is 0 Å². The van der Waals surface area contributed by atoms with Crippen LogP contribution in [0.1, 0.15) is 48.7 Å². The van der Waals surface area contributed by atoms with Gasteiger partial charge in [-0.05, 0) is 63.5 Å². The van der Waals surface area contributed by atoms with Crippen LogP contribution in [0.2, 0.25) is 10.0 Å². The molecule has 190 valence electrons. The fraction of sp³-hybridized carbons (Fsp3) is 0.269. The van der Waals surface area contributed by atoms with Crippen molar-refractivity contribution in [1.29, 1.82) is 0 Å². The van der Waals surface area contributed by atoms with Crippen molar-refractivity contribution in [2.45, 2.75) is 39.7 Å². The quantitative estimate of drug-likeness (QED) is 0.203. The van der Waals surface area contributed by atoms with Crippen LogP contribution in [0.15, 0.2) is 41.3 Å². The molecule has 0 aliphatic rings. The number of aromatic nitrogens is 1. The maximum Gasteiger partial charge on any atom is 0.331 e. The van der Waals surface area contributed by atoms with Gasteiger partial charge >= 0.3 is 5.97 Å². The van der Waals surface area contributed by atoms with Crippen molar-refractivity contribution in [2.75, 3.05) is 11.9 Å². The lowest BCUT2D eigenvalue weighted by atomic mass is 10.0. The molecule has 0 aliphatic carbocycles. The highest BCUT2D eigenvalue weighted by atomic mass is 35.5. The Bertz CT molecular complexity index is 1280. The van der Waals surface area contributed by atoms with Crippen LogP contribution in [0.5, 0.6) is 0 Å². The van der Waals surface area contributed by atoms with Gasteiger partial charge in [0.05, 0.1) is 21.8 Å². The number of aryl methyl sites for hydroxylation is 1. The van der Waals surface area contributed by atoms with Gasteiger partial charge in [-0.3, -0.25) is 10.1 Å². The van der Waals surface area contributed by atoms with Gasteiger partial charge in [-0.15, -0.1) is 11.3 Å². The van der Waals surface area contributed by atoms with Crippen molar-refractivity contribution in [3.8, 4) is 11.3 Å². The molecular formula is C26H25Cl2FN2O4S. The fourth-order valence-electron chi connectivity index (χ4n) is 3.31. The molecular weight excluding hydrogens is 526 g/mol. The summed E-state index contributed by atoms with van der Waals surface area (Å²) in [6.45, 7) is 5.88. The maximum atomic E-state index is 15.1. The van der Waals surface area contributed by atoms with Gasteiger partial charge in [-0.1, -0.05) is 35.3 Å². The molecule has 10 heteroatoms. The normalized spacial score (nSPS) is 11.7. The molecule has 2 aromatic carbocycles. The van der Waals surface area contributed by atoms with Crippen LogP contribution in [0.3, 0.4) is 0 Å². The van der Waals surface area contributed by atoms with E-state index in [0.717, 1.165) is 11.3 Å². The zero-order valence-electron chi connectivity index (χ0n) is 19.9. The van der Waals surface area contributed by atoms with Crippen LogP contribution in [-0.4, -0.2) is 34.7 Å². The number of carboxylic acids is 1. The number of amides is 1. The number of aliphatic carboxylic acids is 1. The zero-order valence-corrected chi connectivity index (χ0v) is 22.2. The molecule has 0 fully saturated rings. The van der Waals surface area contributed by atoms with E-state index in [1.165, 1.54) is 25.1 Å². The van der Waals surface area contributed by atoms with Crippen molar-refractivity contribution in [3.05, 3.63) is 73.8 Å². The average molecular weight is 551 g/mol. The Balaban J connectivity index is 1.74. The number of anilines is 1. The number of nitrogens with one attached hydrogen (secondary N) is 1. The minimum Gasteiger partial charge on any atom is -0.478 e. The molecule has 0 saturated heterocycles. The van der Waals surface area contributed by atoms with Crippen molar-refractivity contribution in [1.82, 2.24) is 4.98 Å². The number of rotatable bonds is 10. The Morgan fingerprint density at radius 2 is 1.94 bits per heavy atom. The number of thiazole rings is 1. The lowest BCUT2D eigenvalue weighted by Gasteiger charge is -2.09. The molecule has 0 atom stereocenters. The van der Waals surface area contributed by atoms with E-state index in [9.17, 15) is 9.59 Å². The number of carbonyl (C=O) groups is 2. The van der Waals surface area contributed by atoms with Gasteiger partial charge < -0.3 is 9.84 Å². The summed E-state index contributed by atoms with van der Waals surface area (Å²) < 4.78 is 20.6. The fourth-order valence-corrected chi connectivity index (χ4v) is 4.61. The molecule has 0 saturated carbocycles.